The number of fused-ring (bicyclic) bond motifs is 1. The lowest BCUT2D eigenvalue weighted by Gasteiger charge is -2.44. The summed E-state index contributed by atoms with van der Waals surface area (Å²) in [6.45, 7) is 25.1. The smallest absolute Gasteiger partial charge is 0.309 e. The Morgan fingerprint density at radius 1 is 0.907 bits per heavy atom. The van der Waals surface area contributed by atoms with Gasteiger partial charge in [-0.05, 0) is 68.9 Å². The van der Waals surface area contributed by atoms with Gasteiger partial charge in [-0.3, -0.25) is 14.4 Å². The summed E-state index contributed by atoms with van der Waals surface area (Å²) < 4.78 is 20.1. The second-order valence-electron chi connectivity index (χ2n) is 14.6. The third-order valence-corrected chi connectivity index (χ3v) is 20.9. The largest absolute Gasteiger partial charge is 0.454 e. The third-order valence-electron chi connectivity index (χ3n) is 11.6. The first kappa shape index (κ1) is 38.3. The Morgan fingerprint density at radius 2 is 1.42 bits per heavy atom. The molecule has 0 bridgehead atoms. The number of esters is 1. The summed E-state index contributed by atoms with van der Waals surface area (Å²) in [5.41, 5.74) is -1.02. The van der Waals surface area contributed by atoms with Gasteiger partial charge in [-0.15, -0.1) is 0 Å². The standard InChI is InChI=1S/C34H65NO6Si2/c1-13-42(14-2,15-3)40-29-23-30(37)39-27(26(9)36)22-28-34(12,35-28)21-19-20-24(7)31(25(8)32(38)33(29,10)11)41-43(16-4,17-5)18-6/h24-25,27-29,31,35H,13-23H2,1-12H3/t24-,25+,27-,28-,29-,31-,34+/m0/s1. The van der Waals surface area contributed by atoms with Crippen molar-refractivity contribution in [1.29, 1.82) is 0 Å². The zero-order valence-corrected chi connectivity index (χ0v) is 31.7. The highest BCUT2D eigenvalue weighted by Crippen LogP contribution is 2.41. The molecule has 0 amide bonds. The monoisotopic (exact) mass is 639 g/mol. The van der Waals surface area contributed by atoms with Crippen LogP contribution in [0.4, 0.5) is 0 Å². The van der Waals surface area contributed by atoms with Crippen molar-refractivity contribution in [3.63, 3.8) is 0 Å². The Morgan fingerprint density at radius 3 is 1.91 bits per heavy atom. The first-order chi connectivity index (χ1) is 20.0. The molecule has 0 spiro atoms. The van der Waals surface area contributed by atoms with Crippen LogP contribution in [0, 0.1) is 17.3 Å². The van der Waals surface area contributed by atoms with E-state index in [0.717, 1.165) is 55.5 Å². The zero-order chi connectivity index (χ0) is 32.8. The maximum atomic E-state index is 14.7. The molecule has 0 aromatic heterocycles. The summed E-state index contributed by atoms with van der Waals surface area (Å²) in [6.07, 6.45) is 1.75. The number of ketones is 2. The van der Waals surface area contributed by atoms with Gasteiger partial charge in [-0.25, -0.2) is 0 Å². The van der Waals surface area contributed by atoms with Crippen molar-refractivity contribution < 1.29 is 28.0 Å². The first-order valence-corrected chi connectivity index (χ1v) is 22.5. The normalized spacial score (nSPS) is 33.0. The predicted octanol–water partition coefficient (Wildman–Crippen LogP) is 7.83. The highest BCUT2D eigenvalue weighted by atomic mass is 28.4. The molecular formula is C34H65NO6Si2. The Bertz CT molecular complexity index is 933. The minimum absolute atomic E-state index is 0.0437. The fourth-order valence-electron chi connectivity index (χ4n) is 7.39. The van der Waals surface area contributed by atoms with Crippen molar-refractivity contribution in [2.24, 2.45) is 17.3 Å². The summed E-state index contributed by atoms with van der Waals surface area (Å²) in [5.74, 6) is -0.648. The van der Waals surface area contributed by atoms with Crippen molar-refractivity contribution >= 4 is 34.2 Å². The van der Waals surface area contributed by atoms with Crippen molar-refractivity contribution in [1.82, 2.24) is 5.32 Å². The Balaban J connectivity index is 2.59. The maximum absolute atomic E-state index is 14.7. The Hall–Kier alpha value is -0.876. The third kappa shape index (κ3) is 9.11. The fraction of sp³-hybridized carbons (Fsp3) is 0.912. The zero-order valence-electron chi connectivity index (χ0n) is 29.7. The van der Waals surface area contributed by atoms with Crippen molar-refractivity contribution in [2.45, 2.75) is 181 Å². The van der Waals surface area contributed by atoms with Crippen LogP contribution in [-0.2, 0) is 28.0 Å². The first-order valence-electron chi connectivity index (χ1n) is 17.4. The molecule has 43 heavy (non-hydrogen) atoms. The van der Waals surface area contributed by atoms with E-state index in [4.69, 9.17) is 13.6 Å². The number of rotatable bonds is 11. The van der Waals surface area contributed by atoms with E-state index in [-0.39, 0.29) is 47.5 Å². The van der Waals surface area contributed by atoms with E-state index in [2.05, 4.69) is 60.7 Å². The quantitative estimate of drug-likeness (QED) is 0.140. The molecule has 2 aliphatic rings. The van der Waals surface area contributed by atoms with E-state index in [1.807, 2.05) is 20.8 Å². The van der Waals surface area contributed by atoms with Gasteiger partial charge in [0, 0.05) is 29.3 Å². The Labute approximate surface area is 265 Å². The van der Waals surface area contributed by atoms with Crippen LogP contribution in [0.5, 0.6) is 0 Å². The van der Waals surface area contributed by atoms with E-state index >= 15 is 0 Å². The fourth-order valence-corrected chi connectivity index (χ4v) is 13.4. The summed E-state index contributed by atoms with van der Waals surface area (Å²) in [7, 11) is -4.20. The van der Waals surface area contributed by atoms with Crippen molar-refractivity contribution in [3.05, 3.63) is 0 Å². The molecule has 2 heterocycles. The van der Waals surface area contributed by atoms with Gasteiger partial charge in [0.25, 0.3) is 0 Å². The molecule has 0 aromatic carbocycles. The van der Waals surface area contributed by atoms with Gasteiger partial charge in [-0.2, -0.15) is 0 Å². The van der Waals surface area contributed by atoms with E-state index in [9.17, 15) is 14.4 Å². The molecule has 250 valence electrons. The van der Waals surface area contributed by atoms with Gasteiger partial charge in [0.2, 0.25) is 0 Å². The molecule has 2 fully saturated rings. The predicted molar refractivity (Wildman–Crippen MR) is 180 cm³/mol. The number of carbonyl (C=O) groups excluding carboxylic acids is 3. The van der Waals surface area contributed by atoms with Crippen LogP contribution in [0.15, 0.2) is 0 Å². The van der Waals surface area contributed by atoms with E-state index < -0.39 is 40.2 Å². The molecule has 2 rings (SSSR count). The highest BCUT2D eigenvalue weighted by Gasteiger charge is 2.52. The van der Waals surface area contributed by atoms with E-state index in [0.29, 0.717) is 6.42 Å². The van der Waals surface area contributed by atoms with Crippen LogP contribution in [0.25, 0.3) is 0 Å². The minimum atomic E-state index is -2.20. The summed E-state index contributed by atoms with van der Waals surface area (Å²) in [6, 6.07) is 5.96. The number of ether oxygens (including phenoxy) is 1. The second-order valence-corrected chi connectivity index (χ2v) is 24.0. The average molecular weight is 640 g/mol. The van der Waals surface area contributed by atoms with Crippen molar-refractivity contribution in [2.75, 3.05) is 0 Å². The minimum Gasteiger partial charge on any atom is -0.454 e. The molecule has 0 saturated carbocycles. The number of carbonyl (C=O) groups is 3. The molecule has 0 unspecified atom stereocenters. The number of nitrogens with one attached hydrogen (secondary N) is 1. The van der Waals surface area contributed by atoms with Crippen LogP contribution < -0.4 is 5.32 Å². The topological polar surface area (TPSA) is 101 Å². The molecule has 2 saturated heterocycles. The van der Waals surface area contributed by atoms with Gasteiger partial charge in [0.05, 0.1) is 18.6 Å². The number of Topliss-reactive ketones (excluding diaryl/α,β-unsaturated/α-hetero) is 2. The van der Waals surface area contributed by atoms with Gasteiger partial charge in [0.15, 0.2) is 28.5 Å². The van der Waals surface area contributed by atoms with E-state index in [1.54, 1.807) is 0 Å². The van der Waals surface area contributed by atoms with Crippen LogP contribution in [-0.4, -0.2) is 64.1 Å². The highest BCUT2D eigenvalue weighted by molar-refractivity contribution is 6.74. The number of cyclic esters (lactones) is 1. The van der Waals surface area contributed by atoms with E-state index in [1.165, 1.54) is 6.92 Å². The lowest BCUT2D eigenvalue weighted by molar-refractivity contribution is -0.159. The SMILES string of the molecule is CC[Si](CC)(CC)O[C@H]1[C@@H](C)CCC[C@@]2(C)N[C@H]2C[C@@H](C(C)=O)OC(=O)C[C@H](O[Si](CC)(CC)CC)C(C)(C)C(=O)[C@@H]1C. The lowest BCUT2D eigenvalue weighted by Crippen LogP contribution is -2.53. The average Bonchev–Trinajstić information content (AvgIpc) is 3.62. The van der Waals surface area contributed by atoms with Gasteiger partial charge in [0.1, 0.15) is 5.78 Å². The van der Waals surface area contributed by atoms with Gasteiger partial charge >= 0.3 is 5.97 Å². The number of hydrogen-bond donors (Lipinski definition) is 1. The molecule has 7 nitrogen and oxygen atoms in total. The molecule has 2 aliphatic heterocycles. The summed E-state index contributed by atoms with van der Waals surface area (Å²) in [4.78, 5) is 40.8. The Kier molecular flexibility index (Phi) is 13.9. The molecule has 9 heteroatoms. The van der Waals surface area contributed by atoms with Crippen molar-refractivity contribution in [3.8, 4) is 0 Å². The molecule has 0 aromatic rings. The lowest BCUT2D eigenvalue weighted by atomic mass is 9.73. The van der Waals surface area contributed by atoms with Crippen LogP contribution >= 0.6 is 0 Å². The van der Waals surface area contributed by atoms with Crippen LogP contribution in [0.2, 0.25) is 36.3 Å². The number of hydrogen-bond acceptors (Lipinski definition) is 7. The second kappa shape index (κ2) is 15.6. The molecule has 0 radical (unpaired) electrons. The van der Waals surface area contributed by atoms with Crippen LogP contribution in [0.3, 0.4) is 0 Å². The summed E-state index contributed by atoms with van der Waals surface area (Å²) in [5, 5.41) is 3.58. The molecule has 1 N–H and O–H groups in total. The molecule has 0 aliphatic carbocycles. The van der Waals surface area contributed by atoms with Gasteiger partial charge in [-0.1, -0.05) is 75.7 Å². The summed E-state index contributed by atoms with van der Waals surface area (Å²) >= 11 is 0. The van der Waals surface area contributed by atoms with Gasteiger partial charge < -0.3 is 18.9 Å². The van der Waals surface area contributed by atoms with Crippen LogP contribution in [0.1, 0.15) is 115 Å². The molecule has 7 atom stereocenters. The molecular weight excluding hydrogens is 575 g/mol. The maximum Gasteiger partial charge on any atom is 0.309 e.